The van der Waals surface area contributed by atoms with Crippen LogP contribution in [-0.4, -0.2) is 15.6 Å². The van der Waals surface area contributed by atoms with Gasteiger partial charge in [0.25, 0.3) is 0 Å². The predicted octanol–water partition coefficient (Wildman–Crippen LogP) is 1.58. The van der Waals surface area contributed by atoms with Crippen molar-refractivity contribution in [3.63, 3.8) is 0 Å². The average molecular weight is 223 g/mol. The molecule has 0 radical (unpaired) electrons. The third-order valence-electron chi connectivity index (χ3n) is 1.95. The molecule has 3 N–H and O–H groups in total. The van der Waals surface area contributed by atoms with Gasteiger partial charge < -0.3 is 5.73 Å². The summed E-state index contributed by atoms with van der Waals surface area (Å²) < 4.78 is 1.75. The molecule has 1 aromatic carbocycles. The number of aromatic nitrogens is 2. The van der Waals surface area contributed by atoms with E-state index in [1.807, 2.05) is 24.4 Å². The van der Waals surface area contributed by atoms with Crippen LogP contribution >= 0.6 is 12.4 Å². The van der Waals surface area contributed by atoms with Gasteiger partial charge in [-0.05, 0) is 30.3 Å². The molecule has 0 saturated heterocycles. The highest BCUT2D eigenvalue weighted by atomic mass is 35.5. The number of nitrogens with zero attached hydrogens (tertiary/aromatic N) is 2. The first-order chi connectivity index (χ1) is 6.77. The van der Waals surface area contributed by atoms with Crippen LogP contribution in [0.25, 0.3) is 5.69 Å². The molecule has 0 aliphatic carbocycles. The average Bonchev–Trinajstić information content (AvgIpc) is 2.71. The highest BCUT2D eigenvalue weighted by Crippen LogP contribution is 2.07. The van der Waals surface area contributed by atoms with Crippen molar-refractivity contribution in [2.75, 3.05) is 0 Å². The highest BCUT2D eigenvalue weighted by molar-refractivity contribution is 5.95. The van der Waals surface area contributed by atoms with Gasteiger partial charge in [-0.1, -0.05) is 0 Å². The van der Waals surface area contributed by atoms with Crippen LogP contribution in [-0.2, 0) is 0 Å². The Bertz CT molecular complexity index is 433. The molecule has 0 amide bonds. The van der Waals surface area contributed by atoms with Gasteiger partial charge in [-0.15, -0.1) is 12.4 Å². The van der Waals surface area contributed by atoms with Crippen LogP contribution in [0.3, 0.4) is 0 Å². The van der Waals surface area contributed by atoms with Crippen molar-refractivity contribution in [1.29, 1.82) is 5.41 Å². The van der Waals surface area contributed by atoms with Crippen molar-refractivity contribution in [1.82, 2.24) is 9.78 Å². The molecule has 5 heteroatoms. The number of benzene rings is 1. The molecule has 4 nitrogen and oxygen atoms in total. The fraction of sp³-hybridized carbons (Fsp3) is 0. The molecule has 78 valence electrons. The molecule has 0 aliphatic heterocycles. The largest absolute Gasteiger partial charge is 0.384 e. The number of hydrogen-bond acceptors (Lipinski definition) is 2. The second kappa shape index (κ2) is 4.61. The normalized spacial score (nSPS) is 9.33. The Labute approximate surface area is 93.6 Å². The van der Waals surface area contributed by atoms with Crippen molar-refractivity contribution in [3.8, 4) is 5.69 Å². The minimum absolute atomic E-state index is 0. The molecule has 0 bridgehead atoms. The summed E-state index contributed by atoms with van der Waals surface area (Å²) in [6.45, 7) is 0. The summed E-state index contributed by atoms with van der Waals surface area (Å²) >= 11 is 0. The standard InChI is InChI=1S/C10H10N4.ClH/c11-10(12)8-2-4-9(5-3-8)14-7-1-6-13-14;/h1-7H,(H3,11,12);1H. The molecule has 2 rings (SSSR count). The smallest absolute Gasteiger partial charge is 0.122 e. The Morgan fingerprint density at radius 3 is 2.40 bits per heavy atom. The second-order valence-corrected chi connectivity index (χ2v) is 2.91. The van der Waals surface area contributed by atoms with Crippen LogP contribution in [0.15, 0.2) is 42.7 Å². The molecule has 0 saturated carbocycles. The summed E-state index contributed by atoms with van der Waals surface area (Å²) in [6.07, 6.45) is 3.58. The predicted molar refractivity (Wildman–Crippen MR) is 61.8 cm³/mol. The van der Waals surface area contributed by atoms with Crippen molar-refractivity contribution in [2.45, 2.75) is 0 Å². The Balaban J connectivity index is 0.00000112. The van der Waals surface area contributed by atoms with E-state index in [4.69, 9.17) is 11.1 Å². The molecular weight excluding hydrogens is 212 g/mol. The zero-order chi connectivity index (χ0) is 9.97. The molecular formula is C10H11ClN4. The van der Waals surface area contributed by atoms with Gasteiger partial charge in [-0.2, -0.15) is 5.10 Å². The third-order valence-corrected chi connectivity index (χ3v) is 1.95. The van der Waals surface area contributed by atoms with Crippen molar-refractivity contribution >= 4 is 18.2 Å². The molecule has 1 heterocycles. The van der Waals surface area contributed by atoms with Crippen LogP contribution in [0, 0.1) is 5.41 Å². The zero-order valence-corrected chi connectivity index (χ0v) is 8.74. The van der Waals surface area contributed by atoms with Gasteiger partial charge in [0.1, 0.15) is 5.84 Å². The monoisotopic (exact) mass is 222 g/mol. The van der Waals surface area contributed by atoms with Crippen LogP contribution in [0.1, 0.15) is 5.56 Å². The number of nitrogens with one attached hydrogen (secondary N) is 1. The molecule has 2 aromatic rings. The van der Waals surface area contributed by atoms with Gasteiger partial charge >= 0.3 is 0 Å². The maximum atomic E-state index is 7.24. The lowest BCUT2D eigenvalue weighted by Gasteiger charge is -2.02. The summed E-state index contributed by atoms with van der Waals surface area (Å²) in [5.74, 6) is 0.0806. The van der Waals surface area contributed by atoms with E-state index in [9.17, 15) is 0 Å². The molecule has 1 aromatic heterocycles. The van der Waals surface area contributed by atoms with Gasteiger partial charge in [0.05, 0.1) is 5.69 Å². The van der Waals surface area contributed by atoms with Gasteiger partial charge in [0.15, 0.2) is 0 Å². The van der Waals surface area contributed by atoms with Gasteiger partial charge in [-0.3, -0.25) is 5.41 Å². The van der Waals surface area contributed by atoms with Crippen LogP contribution in [0.2, 0.25) is 0 Å². The van der Waals surface area contributed by atoms with E-state index in [2.05, 4.69) is 5.10 Å². The fourth-order valence-corrected chi connectivity index (χ4v) is 1.22. The number of rotatable bonds is 2. The minimum atomic E-state index is 0. The van der Waals surface area contributed by atoms with Gasteiger partial charge in [0.2, 0.25) is 0 Å². The van der Waals surface area contributed by atoms with E-state index >= 15 is 0 Å². The first-order valence-electron chi connectivity index (χ1n) is 4.22. The zero-order valence-electron chi connectivity index (χ0n) is 7.92. The minimum Gasteiger partial charge on any atom is -0.384 e. The van der Waals surface area contributed by atoms with E-state index < -0.39 is 0 Å². The summed E-state index contributed by atoms with van der Waals surface area (Å²) in [5, 5.41) is 11.3. The number of halogens is 1. The second-order valence-electron chi connectivity index (χ2n) is 2.91. The first-order valence-corrected chi connectivity index (χ1v) is 4.22. The lowest BCUT2D eigenvalue weighted by molar-refractivity contribution is 0.880. The summed E-state index contributed by atoms with van der Waals surface area (Å²) in [7, 11) is 0. The van der Waals surface area contributed by atoms with Crippen molar-refractivity contribution in [2.24, 2.45) is 5.73 Å². The lowest BCUT2D eigenvalue weighted by atomic mass is 10.2. The molecule has 15 heavy (non-hydrogen) atoms. The topological polar surface area (TPSA) is 67.7 Å². The number of nitrogens with two attached hydrogens (primary N) is 1. The fourth-order valence-electron chi connectivity index (χ4n) is 1.22. The van der Waals surface area contributed by atoms with E-state index in [1.165, 1.54) is 0 Å². The van der Waals surface area contributed by atoms with E-state index in [-0.39, 0.29) is 18.2 Å². The molecule has 0 unspecified atom stereocenters. The first kappa shape index (κ1) is 11.3. The summed E-state index contributed by atoms with van der Waals surface area (Å²) in [5.41, 5.74) is 7.02. The maximum Gasteiger partial charge on any atom is 0.122 e. The molecule has 0 atom stereocenters. The highest BCUT2D eigenvalue weighted by Gasteiger charge is 1.97. The van der Waals surface area contributed by atoms with Gasteiger partial charge in [-0.25, -0.2) is 4.68 Å². The molecule has 0 aliphatic rings. The number of nitrogen functional groups attached to an aromatic ring is 1. The number of hydrogen-bond donors (Lipinski definition) is 2. The number of amidine groups is 1. The van der Waals surface area contributed by atoms with E-state index in [0.29, 0.717) is 0 Å². The van der Waals surface area contributed by atoms with Crippen molar-refractivity contribution < 1.29 is 0 Å². The maximum absolute atomic E-state index is 7.24. The quantitative estimate of drug-likeness (QED) is 0.599. The Kier molecular flexibility index (Phi) is 3.46. The van der Waals surface area contributed by atoms with Crippen molar-refractivity contribution in [3.05, 3.63) is 48.3 Å². The Morgan fingerprint density at radius 1 is 1.27 bits per heavy atom. The molecule has 0 spiro atoms. The van der Waals surface area contributed by atoms with Crippen LogP contribution in [0.5, 0.6) is 0 Å². The summed E-state index contributed by atoms with van der Waals surface area (Å²) in [4.78, 5) is 0. The SMILES string of the molecule is Cl.N=C(N)c1ccc(-n2cccn2)cc1. The molecule has 0 fully saturated rings. The summed E-state index contributed by atoms with van der Waals surface area (Å²) in [6, 6.07) is 9.23. The third kappa shape index (κ3) is 2.35. The van der Waals surface area contributed by atoms with Crippen LogP contribution < -0.4 is 5.73 Å². The van der Waals surface area contributed by atoms with E-state index in [1.54, 1.807) is 23.0 Å². The lowest BCUT2D eigenvalue weighted by Crippen LogP contribution is -2.10. The van der Waals surface area contributed by atoms with Crippen LogP contribution in [0.4, 0.5) is 0 Å². The Hall–Kier alpha value is -1.81. The van der Waals surface area contributed by atoms with E-state index in [0.717, 1.165) is 11.3 Å². The van der Waals surface area contributed by atoms with Gasteiger partial charge in [0, 0.05) is 18.0 Å². The Morgan fingerprint density at radius 2 is 1.93 bits per heavy atom.